The lowest BCUT2D eigenvalue weighted by Crippen LogP contribution is -2.47. The van der Waals surface area contributed by atoms with Crippen LogP contribution >= 0.6 is 11.3 Å². The number of amides is 1. The molecule has 0 N–H and O–H groups in total. The fraction of sp³-hybridized carbons (Fsp3) is 0.474. The number of aryl methyl sites for hydroxylation is 3. The summed E-state index contributed by atoms with van der Waals surface area (Å²) in [7, 11) is 2.17. The quantitative estimate of drug-likeness (QED) is 0.796. The molecular formula is C19H23N3OS. The van der Waals surface area contributed by atoms with E-state index in [1.165, 1.54) is 11.1 Å². The molecule has 2 aliphatic heterocycles. The molecule has 0 radical (unpaired) electrons. The Morgan fingerprint density at radius 1 is 1.29 bits per heavy atom. The Labute approximate surface area is 147 Å². The Morgan fingerprint density at radius 3 is 2.79 bits per heavy atom. The molecule has 0 bridgehead atoms. The molecule has 3 heterocycles. The molecule has 1 fully saturated rings. The summed E-state index contributed by atoms with van der Waals surface area (Å²) in [6.45, 7) is 8.14. The number of carbonyl (C=O) groups excluding carboxylic acids is 1. The Morgan fingerprint density at radius 2 is 2.08 bits per heavy atom. The van der Waals surface area contributed by atoms with Crippen LogP contribution in [0.15, 0.2) is 18.2 Å². The minimum Gasteiger partial charge on any atom is -0.306 e. The third-order valence-corrected chi connectivity index (χ3v) is 6.16. The van der Waals surface area contributed by atoms with Gasteiger partial charge in [0, 0.05) is 29.1 Å². The largest absolute Gasteiger partial charge is 0.306 e. The molecule has 4 nitrogen and oxygen atoms in total. The fourth-order valence-corrected chi connectivity index (χ4v) is 5.00. The Balaban J connectivity index is 1.80. The van der Waals surface area contributed by atoms with Crippen molar-refractivity contribution in [1.82, 2.24) is 9.88 Å². The number of hydrogen-bond donors (Lipinski definition) is 0. The van der Waals surface area contributed by atoms with Crippen molar-refractivity contribution < 1.29 is 4.79 Å². The number of nitrogens with zero attached hydrogens (tertiary/aromatic N) is 3. The zero-order chi connectivity index (χ0) is 17.0. The Hall–Kier alpha value is -1.72. The molecule has 0 saturated carbocycles. The number of benzene rings is 1. The smallest absolute Gasteiger partial charge is 0.278 e. The van der Waals surface area contributed by atoms with Crippen LogP contribution in [0.1, 0.15) is 43.8 Å². The fourth-order valence-electron chi connectivity index (χ4n) is 4.19. The summed E-state index contributed by atoms with van der Waals surface area (Å²) in [5.74, 6) is 0.474. The van der Waals surface area contributed by atoms with Crippen LogP contribution in [-0.4, -0.2) is 42.0 Å². The van der Waals surface area contributed by atoms with Crippen LogP contribution < -0.4 is 4.90 Å². The second-order valence-electron chi connectivity index (χ2n) is 7.10. The summed E-state index contributed by atoms with van der Waals surface area (Å²) in [6, 6.07) is 6.75. The van der Waals surface area contributed by atoms with Gasteiger partial charge in [0.25, 0.3) is 5.91 Å². The van der Waals surface area contributed by atoms with Crippen LogP contribution in [0.25, 0.3) is 0 Å². The van der Waals surface area contributed by atoms with E-state index in [-0.39, 0.29) is 11.9 Å². The highest BCUT2D eigenvalue weighted by molar-refractivity contribution is 7.11. The molecule has 2 unspecified atom stereocenters. The summed E-state index contributed by atoms with van der Waals surface area (Å²) in [5.41, 5.74) is 4.30. The molecule has 2 aliphatic rings. The molecule has 126 valence electrons. The highest BCUT2D eigenvalue weighted by Gasteiger charge is 2.44. The van der Waals surface area contributed by atoms with Gasteiger partial charge in [0.2, 0.25) is 0 Å². The van der Waals surface area contributed by atoms with E-state index in [9.17, 15) is 4.79 Å². The van der Waals surface area contributed by atoms with Gasteiger partial charge in [-0.25, -0.2) is 4.98 Å². The summed E-state index contributed by atoms with van der Waals surface area (Å²) in [5, 5.41) is 0.958. The van der Waals surface area contributed by atoms with Crippen molar-refractivity contribution in [3.8, 4) is 0 Å². The molecule has 4 rings (SSSR count). The van der Waals surface area contributed by atoms with E-state index in [0.29, 0.717) is 11.6 Å². The van der Waals surface area contributed by atoms with Gasteiger partial charge in [-0.15, -0.1) is 11.3 Å². The average molecular weight is 341 g/mol. The highest BCUT2D eigenvalue weighted by Crippen LogP contribution is 2.45. The average Bonchev–Trinajstić information content (AvgIpc) is 3.03. The lowest BCUT2D eigenvalue weighted by Gasteiger charge is -2.36. The van der Waals surface area contributed by atoms with E-state index in [4.69, 9.17) is 0 Å². The van der Waals surface area contributed by atoms with Crippen molar-refractivity contribution in [3.63, 3.8) is 0 Å². The van der Waals surface area contributed by atoms with Crippen molar-refractivity contribution in [2.24, 2.45) is 0 Å². The number of rotatable bonds is 1. The van der Waals surface area contributed by atoms with E-state index in [0.717, 1.165) is 35.1 Å². The summed E-state index contributed by atoms with van der Waals surface area (Å²) in [4.78, 5) is 23.3. The van der Waals surface area contributed by atoms with Crippen LogP contribution in [0.3, 0.4) is 0 Å². The molecule has 0 aliphatic carbocycles. The van der Waals surface area contributed by atoms with Gasteiger partial charge in [0.15, 0.2) is 0 Å². The van der Waals surface area contributed by atoms with Gasteiger partial charge in [0.1, 0.15) is 5.69 Å². The second-order valence-corrected chi connectivity index (χ2v) is 8.51. The Kier molecular flexibility index (Phi) is 3.73. The summed E-state index contributed by atoms with van der Waals surface area (Å²) >= 11 is 1.60. The van der Waals surface area contributed by atoms with Crippen molar-refractivity contribution in [2.45, 2.75) is 39.2 Å². The zero-order valence-electron chi connectivity index (χ0n) is 14.7. The molecule has 1 aromatic carbocycles. The first kappa shape index (κ1) is 15.8. The van der Waals surface area contributed by atoms with Crippen molar-refractivity contribution in [1.29, 1.82) is 0 Å². The maximum absolute atomic E-state index is 13.3. The number of carbonyl (C=O) groups is 1. The van der Waals surface area contributed by atoms with E-state index in [1.807, 2.05) is 18.7 Å². The van der Waals surface area contributed by atoms with Gasteiger partial charge in [-0.1, -0.05) is 17.7 Å². The van der Waals surface area contributed by atoms with Crippen LogP contribution in [0, 0.1) is 20.8 Å². The number of piperidine rings is 1. The standard InChI is InChI=1S/C19H23N3OS/c1-11-5-6-16-14(9-11)15-10-21(4)8-7-17(15)22(16)19(23)18-12(2)24-13(3)20-18/h5-6,9,15,17H,7-8,10H2,1-4H3. The molecule has 1 saturated heterocycles. The zero-order valence-corrected chi connectivity index (χ0v) is 15.5. The second kappa shape index (κ2) is 5.67. The first-order chi connectivity index (χ1) is 11.5. The number of aromatic nitrogens is 1. The molecule has 1 amide bonds. The van der Waals surface area contributed by atoms with Gasteiger partial charge in [0.05, 0.1) is 5.01 Å². The molecule has 0 spiro atoms. The number of thiazole rings is 1. The minimum atomic E-state index is 0.0685. The van der Waals surface area contributed by atoms with Crippen LogP contribution in [0.2, 0.25) is 0 Å². The third-order valence-electron chi connectivity index (χ3n) is 5.28. The maximum atomic E-state index is 13.3. The summed E-state index contributed by atoms with van der Waals surface area (Å²) in [6.07, 6.45) is 1.02. The predicted molar refractivity (Wildman–Crippen MR) is 98.2 cm³/mol. The lowest BCUT2D eigenvalue weighted by atomic mass is 9.89. The van der Waals surface area contributed by atoms with Crippen LogP contribution in [0.5, 0.6) is 0 Å². The van der Waals surface area contributed by atoms with Gasteiger partial charge < -0.3 is 9.80 Å². The molecule has 5 heteroatoms. The number of fused-ring (bicyclic) bond motifs is 3. The number of hydrogen-bond acceptors (Lipinski definition) is 4. The predicted octanol–water partition coefficient (Wildman–Crippen LogP) is 3.52. The van der Waals surface area contributed by atoms with Crippen molar-refractivity contribution in [2.75, 3.05) is 25.0 Å². The monoisotopic (exact) mass is 341 g/mol. The topological polar surface area (TPSA) is 36.4 Å². The normalized spacial score (nSPS) is 23.2. The molecule has 24 heavy (non-hydrogen) atoms. The first-order valence-corrected chi connectivity index (χ1v) is 9.34. The van der Waals surface area contributed by atoms with Crippen molar-refractivity contribution >= 4 is 22.9 Å². The van der Waals surface area contributed by atoms with Gasteiger partial charge in [-0.2, -0.15) is 0 Å². The first-order valence-electron chi connectivity index (χ1n) is 8.52. The molecule has 2 aromatic rings. The van der Waals surface area contributed by atoms with Gasteiger partial charge in [-0.05, 0) is 52.4 Å². The molecule has 2 atom stereocenters. The lowest BCUT2D eigenvalue weighted by molar-refractivity contribution is 0.0960. The van der Waals surface area contributed by atoms with Crippen LogP contribution in [-0.2, 0) is 0 Å². The van der Waals surface area contributed by atoms with Crippen LogP contribution in [0.4, 0.5) is 5.69 Å². The van der Waals surface area contributed by atoms with Gasteiger partial charge >= 0.3 is 0 Å². The van der Waals surface area contributed by atoms with E-state index < -0.39 is 0 Å². The molecular weight excluding hydrogens is 318 g/mol. The SMILES string of the molecule is Cc1ccc2c(c1)C1CN(C)CCC1N2C(=O)c1nc(C)sc1C. The summed E-state index contributed by atoms with van der Waals surface area (Å²) < 4.78 is 0. The van der Waals surface area contributed by atoms with Crippen molar-refractivity contribution in [3.05, 3.63) is 44.9 Å². The number of anilines is 1. The maximum Gasteiger partial charge on any atom is 0.278 e. The number of likely N-dealkylation sites (N-methyl/N-ethyl adjacent to an activating group) is 1. The van der Waals surface area contributed by atoms with Gasteiger partial charge in [-0.3, -0.25) is 4.79 Å². The minimum absolute atomic E-state index is 0.0685. The third kappa shape index (κ3) is 2.38. The molecule has 1 aromatic heterocycles. The van der Waals surface area contributed by atoms with E-state index in [1.54, 1.807) is 11.3 Å². The Bertz CT molecular complexity index is 813. The van der Waals surface area contributed by atoms with E-state index in [2.05, 4.69) is 42.1 Å². The number of likely N-dealkylation sites (tertiary alicyclic amines) is 1. The highest BCUT2D eigenvalue weighted by atomic mass is 32.1. The van der Waals surface area contributed by atoms with E-state index >= 15 is 0 Å².